The van der Waals surface area contributed by atoms with Crippen molar-refractivity contribution < 1.29 is 4.79 Å². The van der Waals surface area contributed by atoms with Gasteiger partial charge in [0.05, 0.1) is 5.92 Å². The Morgan fingerprint density at radius 1 is 1.47 bits per heavy atom. The van der Waals surface area contributed by atoms with E-state index in [1.807, 2.05) is 0 Å². The van der Waals surface area contributed by atoms with Gasteiger partial charge in [0.25, 0.3) is 0 Å². The predicted octanol–water partition coefficient (Wildman–Crippen LogP) is 2.41. The Morgan fingerprint density at radius 3 is 2.79 bits per heavy atom. The molecule has 2 N–H and O–H groups in total. The lowest BCUT2D eigenvalue weighted by Gasteiger charge is -2.07. The highest BCUT2D eigenvalue weighted by atomic mass is 35.5. The average Bonchev–Trinajstić information content (AvgIpc) is 3.01. The lowest BCUT2D eigenvalue weighted by Crippen LogP contribution is -2.24. The number of rotatable bonds is 5. The van der Waals surface area contributed by atoms with Gasteiger partial charge in [-0.3, -0.25) is 4.79 Å². The smallest absolute Gasteiger partial charge is 0.230 e. The summed E-state index contributed by atoms with van der Waals surface area (Å²) in [6.07, 6.45) is 3.03. The van der Waals surface area contributed by atoms with E-state index in [2.05, 4.69) is 34.7 Å². The molecule has 0 aliphatic carbocycles. The summed E-state index contributed by atoms with van der Waals surface area (Å²) in [6.45, 7) is 5.99. The van der Waals surface area contributed by atoms with Crippen molar-refractivity contribution in [3.05, 3.63) is 5.01 Å². The zero-order chi connectivity index (χ0) is 13.0. The molecule has 2 heterocycles. The number of hydrogen-bond donors (Lipinski definition) is 2. The topological polar surface area (TPSA) is 66.9 Å². The fourth-order valence-electron chi connectivity index (χ4n) is 2.17. The van der Waals surface area contributed by atoms with Crippen LogP contribution in [0.1, 0.15) is 44.0 Å². The minimum Gasteiger partial charge on any atom is -0.316 e. The van der Waals surface area contributed by atoms with Gasteiger partial charge in [0.15, 0.2) is 0 Å². The molecule has 1 aromatic rings. The zero-order valence-electron chi connectivity index (χ0n) is 11.3. The van der Waals surface area contributed by atoms with Crippen LogP contribution in [0, 0.1) is 5.92 Å². The molecule has 0 spiro atoms. The van der Waals surface area contributed by atoms with Gasteiger partial charge in [-0.25, -0.2) is 0 Å². The molecule has 1 saturated heterocycles. The van der Waals surface area contributed by atoms with E-state index in [0.717, 1.165) is 37.4 Å². The maximum absolute atomic E-state index is 11.9. The van der Waals surface area contributed by atoms with E-state index < -0.39 is 0 Å². The number of amides is 1. The lowest BCUT2D eigenvalue weighted by molar-refractivity contribution is -0.119. The molecule has 2 rings (SSSR count). The number of halogens is 1. The van der Waals surface area contributed by atoms with E-state index in [4.69, 9.17) is 0 Å². The van der Waals surface area contributed by atoms with E-state index in [9.17, 15) is 4.79 Å². The normalized spacial score (nSPS) is 18.4. The third-order valence-electron chi connectivity index (χ3n) is 3.44. The highest BCUT2D eigenvalue weighted by Crippen LogP contribution is 2.28. The number of nitrogens with one attached hydrogen (secondary N) is 2. The largest absolute Gasteiger partial charge is 0.316 e. The number of nitrogens with zero attached hydrogens (tertiary/aromatic N) is 2. The minimum atomic E-state index is 0. The van der Waals surface area contributed by atoms with Crippen LogP contribution in [0.15, 0.2) is 0 Å². The first-order valence-electron chi connectivity index (χ1n) is 6.59. The fourth-order valence-corrected chi connectivity index (χ4v) is 3.19. The number of aromatic nitrogens is 2. The fraction of sp³-hybridized carbons (Fsp3) is 0.750. The van der Waals surface area contributed by atoms with E-state index >= 15 is 0 Å². The van der Waals surface area contributed by atoms with Crippen LogP contribution in [0.4, 0.5) is 5.13 Å². The molecule has 5 nitrogen and oxygen atoms in total. The number of carbonyl (C=O) groups is 1. The molecule has 1 atom stereocenters. The summed E-state index contributed by atoms with van der Waals surface area (Å²) >= 11 is 1.50. The molecule has 108 valence electrons. The summed E-state index contributed by atoms with van der Waals surface area (Å²) in [5.74, 6) is 0.596. The second-order valence-corrected chi connectivity index (χ2v) is 5.65. The van der Waals surface area contributed by atoms with Crippen molar-refractivity contribution in [2.75, 3.05) is 18.4 Å². The standard InChI is InChI=1S/C12H20N4OS.ClH/c1-3-8(4-2)11-15-16-12(18-11)14-10(17)9-5-6-13-7-9;/h8-9,13H,3-7H2,1-2H3,(H,14,16,17);1H. The minimum absolute atomic E-state index is 0. The summed E-state index contributed by atoms with van der Waals surface area (Å²) in [5.41, 5.74) is 0. The maximum Gasteiger partial charge on any atom is 0.230 e. The number of anilines is 1. The Labute approximate surface area is 124 Å². The number of hydrogen-bond acceptors (Lipinski definition) is 5. The molecule has 0 aromatic carbocycles. The van der Waals surface area contributed by atoms with Crippen molar-refractivity contribution in [3.8, 4) is 0 Å². The van der Waals surface area contributed by atoms with Crippen LogP contribution in [0.3, 0.4) is 0 Å². The van der Waals surface area contributed by atoms with Gasteiger partial charge < -0.3 is 10.6 Å². The van der Waals surface area contributed by atoms with Crippen molar-refractivity contribution in [1.29, 1.82) is 0 Å². The number of carbonyl (C=O) groups excluding carboxylic acids is 1. The zero-order valence-corrected chi connectivity index (χ0v) is 12.9. The second-order valence-electron chi connectivity index (χ2n) is 4.64. The summed E-state index contributed by atoms with van der Waals surface area (Å²) in [6, 6.07) is 0. The Bertz CT molecular complexity index is 402. The molecule has 7 heteroatoms. The molecule has 1 fully saturated rings. The monoisotopic (exact) mass is 304 g/mol. The van der Waals surface area contributed by atoms with Crippen molar-refractivity contribution in [2.24, 2.45) is 5.92 Å². The van der Waals surface area contributed by atoms with Crippen molar-refractivity contribution in [2.45, 2.75) is 39.0 Å². The van der Waals surface area contributed by atoms with Gasteiger partial charge >= 0.3 is 0 Å². The average molecular weight is 305 g/mol. The van der Waals surface area contributed by atoms with Gasteiger partial charge in [-0.05, 0) is 25.8 Å². The summed E-state index contributed by atoms with van der Waals surface area (Å²) in [4.78, 5) is 11.9. The molecular weight excluding hydrogens is 284 g/mol. The van der Waals surface area contributed by atoms with Crippen LogP contribution in [0.25, 0.3) is 0 Å². The predicted molar refractivity (Wildman–Crippen MR) is 80.1 cm³/mol. The summed E-state index contributed by atoms with van der Waals surface area (Å²) in [7, 11) is 0. The highest BCUT2D eigenvalue weighted by Gasteiger charge is 2.23. The molecule has 1 aliphatic rings. The van der Waals surface area contributed by atoms with Crippen molar-refractivity contribution in [3.63, 3.8) is 0 Å². The Balaban J connectivity index is 0.00000180. The van der Waals surface area contributed by atoms with Gasteiger partial charge in [-0.1, -0.05) is 25.2 Å². The van der Waals surface area contributed by atoms with Gasteiger partial charge in [0, 0.05) is 12.5 Å². The molecule has 19 heavy (non-hydrogen) atoms. The molecule has 1 amide bonds. The molecule has 0 radical (unpaired) electrons. The van der Waals surface area contributed by atoms with Crippen LogP contribution in [-0.2, 0) is 4.79 Å². The molecule has 1 aliphatic heterocycles. The Morgan fingerprint density at radius 2 is 2.21 bits per heavy atom. The first kappa shape index (κ1) is 16.3. The maximum atomic E-state index is 11.9. The first-order valence-corrected chi connectivity index (χ1v) is 7.41. The van der Waals surface area contributed by atoms with Gasteiger partial charge in [-0.2, -0.15) is 0 Å². The second kappa shape index (κ2) is 7.77. The summed E-state index contributed by atoms with van der Waals surface area (Å²) < 4.78 is 0. The Hall–Kier alpha value is -0.720. The van der Waals surface area contributed by atoms with Crippen LogP contribution in [0.2, 0.25) is 0 Å². The van der Waals surface area contributed by atoms with E-state index in [1.165, 1.54) is 11.3 Å². The molecule has 0 bridgehead atoms. The quantitative estimate of drug-likeness (QED) is 0.876. The van der Waals surface area contributed by atoms with Gasteiger partial charge in [0.1, 0.15) is 5.01 Å². The van der Waals surface area contributed by atoms with Gasteiger partial charge in [-0.15, -0.1) is 22.6 Å². The first-order chi connectivity index (χ1) is 8.74. The highest BCUT2D eigenvalue weighted by molar-refractivity contribution is 7.15. The molecule has 0 saturated carbocycles. The van der Waals surface area contributed by atoms with Crippen LogP contribution < -0.4 is 10.6 Å². The lowest BCUT2D eigenvalue weighted by atomic mass is 10.1. The third kappa shape index (κ3) is 4.12. The van der Waals surface area contributed by atoms with Gasteiger partial charge in [0.2, 0.25) is 11.0 Å². The van der Waals surface area contributed by atoms with E-state index in [0.29, 0.717) is 11.0 Å². The molecule has 1 aromatic heterocycles. The molecular formula is C12H21ClN4OS. The van der Waals surface area contributed by atoms with Crippen LogP contribution >= 0.6 is 23.7 Å². The van der Waals surface area contributed by atoms with Crippen LogP contribution in [-0.4, -0.2) is 29.2 Å². The van der Waals surface area contributed by atoms with E-state index in [1.54, 1.807) is 0 Å². The van der Waals surface area contributed by atoms with Crippen molar-refractivity contribution >= 4 is 34.8 Å². The SMILES string of the molecule is CCC(CC)c1nnc(NC(=O)C2CCNC2)s1.Cl. The summed E-state index contributed by atoms with van der Waals surface area (Å²) in [5, 5.41) is 16.0. The molecule has 1 unspecified atom stereocenters. The van der Waals surface area contributed by atoms with Crippen LogP contribution in [0.5, 0.6) is 0 Å². The third-order valence-corrected chi connectivity index (χ3v) is 4.44. The Kier molecular flexibility index (Phi) is 6.68. The van der Waals surface area contributed by atoms with Crippen molar-refractivity contribution in [1.82, 2.24) is 15.5 Å². The van der Waals surface area contributed by atoms with E-state index in [-0.39, 0.29) is 24.2 Å².